The van der Waals surface area contributed by atoms with Crippen molar-refractivity contribution in [3.8, 4) is 0 Å². The molecule has 0 aromatic carbocycles. The van der Waals surface area contributed by atoms with Crippen LogP contribution in [0, 0.1) is 27.7 Å². The van der Waals surface area contributed by atoms with Gasteiger partial charge in [-0.15, -0.1) is 11.3 Å². The molecule has 2 aromatic heterocycles. The van der Waals surface area contributed by atoms with E-state index < -0.39 is 23.8 Å². The van der Waals surface area contributed by atoms with Crippen molar-refractivity contribution in [3.05, 3.63) is 43.9 Å². The number of carbonyl (C=O) groups excluding carboxylic acids is 3. The van der Waals surface area contributed by atoms with Crippen molar-refractivity contribution in [2.24, 2.45) is 0 Å². The molecule has 2 heterocycles. The number of aryl methyl sites for hydroxylation is 3. The summed E-state index contributed by atoms with van der Waals surface area (Å²) in [5.41, 5.74) is 2.07. The number of esters is 2. The summed E-state index contributed by atoms with van der Waals surface area (Å²) >= 11 is 1.50. The van der Waals surface area contributed by atoms with Crippen LogP contribution in [0.1, 0.15) is 59.1 Å². The number of Topliss-reactive ketones (excluding diaryl/α,β-unsaturated/α-hetero) is 1. The Labute approximate surface area is 150 Å². The topological polar surface area (TPSA) is 85.5 Å². The first-order chi connectivity index (χ1) is 11.7. The van der Waals surface area contributed by atoms with Crippen LogP contribution >= 0.6 is 11.3 Å². The molecule has 0 bridgehead atoms. The molecule has 0 aliphatic rings. The highest BCUT2D eigenvalue weighted by Gasteiger charge is 2.28. The second kappa shape index (κ2) is 7.23. The molecule has 0 aliphatic heterocycles. The maximum absolute atomic E-state index is 12.6. The molecule has 0 aliphatic carbocycles. The van der Waals surface area contributed by atoms with E-state index in [1.54, 1.807) is 19.9 Å². The first kappa shape index (κ1) is 18.9. The third kappa shape index (κ3) is 3.66. The van der Waals surface area contributed by atoms with E-state index in [-0.39, 0.29) is 5.69 Å². The van der Waals surface area contributed by atoms with Gasteiger partial charge >= 0.3 is 11.9 Å². The highest BCUT2D eigenvalue weighted by atomic mass is 32.1. The Bertz CT molecular complexity index is 846. The summed E-state index contributed by atoms with van der Waals surface area (Å²) in [6.45, 7) is 8.60. The molecule has 6 nitrogen and oxygen atoms in total. The van der Waals surface area contributed by atoms with Crippen LogP contribution in [-0.2, 0) is 9.47 Å². The number of hydrogen-bond donors (Lipinski definition) is 1. The zero-order valence-corrected chi connectivity index (χ0v) is 15.9. The Kier molecular flexibility index (Phi) is 5.47. The Hall–Kier alpha value is -2.41. The lowest BCUT2D eigenvalue weighted by Crippen LogP contribution is -2.25. The van der Waals surface area contributed by atoms with E-state index in [9.17, 15) is 14.4 Å². The summed E-state index contributed by atoms with van der Waals surface area (Å²) in [4.78, 5) is 41.5. The number of ether oxygens (including phenoxy) is 2. The van der Waals surface area contributed by atoms with Crippen molar-refractivity contribution in [1.82, 2.24) is 4.98 Å². The van der Waals surface area contributed by atoms with Crippen LogP contribution in [0.4, 0.5) is 0 Å². The summed E-state index contributed by atoms with van der Waals surface area (Å²) in [6.07, 6.45) is -0.977. The van der Waals surface area contributed by atoms with E-state index in [0.717, 1.165) is 9.75 Å². The number of aromatic nitrogens is 1. The predicted molar refractivity (Wildman–Crippen MR) is 94.6 cm³/mol. The third-order valence-corrected chi connectivity index (χ3v) is 4.95. The van der Waals surface area contributed by atoms with Gasteiger partial charge in [0.2, 0.25) is 5.78 Å². The molecular formula is C18H21NO5S. The molecule has 0 amide bonds. The summed E-state index contributed by atoms with van der Waals surface area (Å²) in [5, 5.41) is 0. The predicted octanol–water partition coefficient (Wildman–Crippen LogP) is 3.52. The largest absolute Gasteiger partial charge is 0.465 e. The summed E-state index contributed by atoms with van der Waals surface area (Å²) in [5.74, 6) is -1.44. The van der Waals surface area contributed by atoms with E-state index in [4.69, 9.17) is 9.47 Å². The maximum atomic E-state index is 12.6. The molecule has 2 rings (SSSR count). The number of hydrogen-bond acceptors (Lipinski definition) is 6. The summed E-state index contributed by atoms with van der Waals surface area (Å²) < 4.78 is 10.1. The number of thiophene rings is 1. The lowest BCUT2D eigenvalue weighted by Gasteiger charge is -2.12. The first-order valence-electron chi connectivity index (χ1n) is 7.77. The fourth-order valence-corrected chi connectivity index (χ4v) is 3.63. The monoisotopic (exact) mass is 363 g/mol. The van der Waals surface area contributed by atoms with Crippen LogP contribution < -0.4 is 0 Å². The number of methoxy groups -OCH3 is 1. The van der Waals surface area contributed by atoms with Gasteiger partial charge in [0, 0.05) is 15.4 Å². The number of rotatable bonds is 5. The van der Waals surface area contributed by atoms with Crippen molar-refractivity contribution in [2.75, 3.05) is 7.11 Å². The Morgan fingerprint density at radius 2 is 1.76 bits per heavy atom. The van der Waals surface area contributed by atoms with Crippen molar-refractivity contribution in [3.63, 3.8) is 0 Å². The Morgan fingerprint density at radius 1 is 1.12 bits per heavy atom. The number of H-pyrrole nitrogens is 1. The molecule has 1 N–H and O–H groups in total. The van der Waals surface area contributed by atoms with E-state index in [0.29, 0.717) is 22.4 Å². The standard InChI is InChI=1S/C18H21NO5S/c1-8-7-13(12(5)25-8)17(21)24-11(4)16(20)15-9(2)14(10(3)19-15)18(22)23-6/h7,11,19H,1-6H3/t11-/m0/s1. The lowest BCUT2D eigenvalue weighted by atomic mass is 10.1. The second-order valence-corrected chi connectivity index (χ2v) is 7.32. The van der Waals surface area contributed by atoms with Gasteiger partial charge in [-0.3, -0.25) is 4.79 Å². The minimum atomic E-state index is -0.977. The average Bonchev–Trinajstić information content (AvgIpc) is 3.04. The molecule has 0 radical (unpaired) electrons. The maximum Gasteiger partial charge on any atom is 0.339 e. The smallest absolute Gasteiger partial charge is 0.339 e. The fourth-order valence-electron chi connectivity index (χ4n) is 2.72. The van der Waals surface area contributed by atoms with Crippen molar-refractivity contribution >= 4 is 29.1 Å². The van der Waals surface area contributed by atoms with Crippen LogP contribution in [0.2, 0.25) is 0 Å². The quantitative estimate of drug-likeness (QED) is 0.649. The van der Waals surface area contributed by atoms with Gasteiger partial charge in [0.25, 0.3) is 0 Å². The van der Waals surface area contributed by atoms with Crippen LogP contribution in [0.15, 0.2) is 6.07 Å². The number of nitrogens with one attached hydrogen (secondary N) is 1. The molecule has 0 unspecified atom stereocenters. The van der Waals surface area contributed by atoms with Gasteiger partial charge in [-0.25, -0.2) is 9.59 Å². The molecule has 1 atom stereocenters. The average molecular weight is 363 g/mol. The van der Waals surface area contributed by atoms with Crippen molar-refractivity contribution < 1.29 is 23.9 Å². The molecule has 25 heavy (non-hydrogen) atoms. The SMILES string of the molecule is COC(=O)c1c(C)[nH]c(C(=O)[C@H](C)OC(=O)c2cc(C)sc2C)c1C. The van der Waals surface area contributed by atoms with E-state index in [1.807, 2.05) is 13.8 Å². The number of ketones is 1. The van der Waals surface area contributed by atoms with Gasteiger partial charge in [-0.05, 0) is 46.2 Å². The minimum absolute atomic E-state index is 0.247. The zero-order valence-electron chi connectivity index (χ0n) is 15.1. The third-order valence-electron chi connectivity index (χ3n) is 3.99. The molecule has 7 heteroatoms. The van der Waals surface area contributed by atoms with Crippen molar-refractivity contribution in [2.45, 2.75) is 40.7 Å². The van der Waals surface area contributed by atoms with Gasteiger partial charge < -0.3 is 14.5 Å². The number of carbonyl (C=O) groups is 3. The van der Waals surface area contributed by atoms with E-state index in [1.165, 1.54) is 25.4 Å². The van der Waals surface area contributed by atoms with Gasteiger partial charge in [-0.1, -0.05) is 0 Å². The highest BCUT2D eigenvalue weighted by molar-refractivity contribution is 7.12. The molecule has 0 spiro atoms. The summed E-state index contributed by atoms with van der Waals surface area (Å²) in [6, 6.07) is 1.75. The Balaban J connectivity index is 2.22. The minimum Gasteiger partial charge on any atom is -0.465 e. The molecule has 2 aromatic rings. The summed E-state index contributed by atoms with van der Waals surface area (Å²) in [7, 11) is 1.28. The Morgan fingerprint density at radius 3 is 2.28 bits per heavy atom. The molecular weight excluding hydrogens is 342 g/mol. The zero-order chi connectivity index (χ0) is 18.9. The van der Waals surface area contributed by atoms with Gasteiger partial charge in [0.05, 0.1) is 23.9 Å². The van der Waals surface area contributed by atoms with Gasteiger partial charge in [-0.2, -0.15) is 0 Å². The fraction of sp³-hybridized carbons (Fsp3) is 0.389. The van der Waals surface area contributed by atoms with E-state index in [2.05, 4.69) is 4.98 Å². The van der Waals surface area contributed by atoms with Crippen LogP contribution in [0.5, 0.6) is 0 Å². The van der Waals surface area contributed by atoms with Crippen LogP contribution in [0.25, 0.3) is 0 Å². The second-order valence-electron chi connectivity index (χ2n) is 5.86. The van der Waals surface area contributed by atoms with Gasteiger partial charge in [0.1, 0.15) is 0 Å². The van der Waals surface area contributed by atoms with Crippen molar-refractivity contribution in [1.29, 1.82) is 0 Å². The first-order valence-corrected chi connectivity index (χ1v) is 8.58. The molecule has 134 valence electrons. The molecule has 0 saturated carbocycles. The number of aromatic amines is 1. The molecule has 0 saturated heterocycles. The lowest BCUT2D eigenvalue weighted by molar-refractivity contribution is 0.0316. The normalized spacial score (nSPS) is 11.9. The van der Waals surface area contributed by atoms with E-state index >= 15 is 0 Å². The van der Waals surface area contributed by atoms with Gasteiger partial charge in [0.15, 0.2) is 6.10 Å². The highest BCUT2D eigenvalue weighted by Crippen LogP contribution is 2.23. The van der Waals surface area contributed by atoms with Crippen LogP contribution in [-0.4, -0.2) is 35.9 Å². The molecule has 0 fully saturated rings. The van der Waals surface area contributed by atoms with Crippen LogP contribution in [0.3, 0.4) is 0 Å².